The Hall–Kier alpha value is -1.35. The summed E-state index contributed by atoms with van der Waals surface area (Å²) < 4.78 is 2.05. The number of rotatable bonds is 1. The van der Waals surface area contributed by atoms with Gasteiger partial charge >= 0.3 is 0 Å². The van der Waals surface area contributed by atoms with Gasteiger partial charge in [0, 0.05) is 25.5 Å². The SMILES string of the molecule is CC(N)c1cnc2ccn(C)c2c1. The van der Waals surface area contributed by atoms with Crippen LogP contribution in [0.15, 0.2) is 24.5 Å². The zero-order valence-corrected chi connectivity index (χ0v) is 7.86. The molecule has 68 valence electrons. The van der Waals surface area contributed by atoms with Crippen molar-refractivity contribution < 1.29 is 0 Å². The molecule has 0 aliphatic rings. The van der Waals surface area contributed by atoms with E-state index in [1.807, 2.05) is 37.0 Å². The van der Waals surface area contributed by atoms with Crippen molar-refractivity contribution >= 4 is 11.0 Å². The molecule has 0 saturated carbocycles. The summed E-state index contributed by atoms with van der Waals surface area (Å²) in [5, 5.41) is 0. The third-order valence-electron chi connectivity index (χ3n) is 2.28. The van der Waals surface area contributed by atoms with Crippen LogP contribution in [0.4, 0.5) is 0 Å². The summed E-state index contributed by atoms with van der Waals surface area (Å²) >= 11 is 0. The molecule has 0 radical (unpaired) electrons. The van der Waals surface area contributed by atoms with E-state index in [0.717, 1.165) is 16.6 Å². The number of nitrogens with two attached hydrogens (primary N) is 1. The van der Waals surface area contributed by atoms with Crippen LogP contribution in [0.2, 0.25) is 0 Å². The minimum absolute atomic E-state index is 0.0480. The van der Waals surface area contributed by atoms with E-state index < -0.39 is 0 Å². The van der Waals surface area contributed by atoms with E-state index in [-0.39, 0.29) is 6.04 Å². The van der Waals surface area contributed by atoms with Gasteiger partial charge in [-0.15, -0.1) is 0 Å². The molecule has 0 amide bonds. The molecule has 2 aromatic rings. The van der Waals surface area contributed by atoms with Gasteiger partial charge in [0.15, 0.2) is 0 Å². The van der Waals surface area contributed by atoms with Gasteiger partial charge in [-0.25, -0.2) is 0 Å². The van der Waals surface area contributed by atoms with Crippen LogP contribution in [0, 0.1) is 0 Å². The molecule has 2 heterocycles. The lowest BCUT2D eigenvalue weighted by molar-refractivity contribution is 0.812. The van der Waals surface area contributed by atoms with Crippen molar-refractivity contribution in [3.63, 3.8) is 0 Å². The Labute approximate surface area is 77.2 Å². The molecule has 13 heavy (non-hydrogen) atoms. The molecule has 2 aromatic heterocycles. The van der Waals surface area contributed by atoms with Crippen molar-refractivity contribution in [2.75, 3.05) is 0 Å². The molecule has 3 heteroatoms. The van der Waals surface area contributed by atoms with Gasteiger partial charge in [-0.1, -0.05) is 0 Å². The summed E-state index contributed by atoms with van der Waals surface area (Å²) in [5.74, 6) is 0. The highest BCUT2D eigenvalue weighted by Gasteiger charge is 2.03. The summed E-state index contributed by atoms with van der Waals surface area (Å²) in [6.07, 6.45) is 3.84. The van der Waals surface area contributed by atoms with Crippen molar-refractivity contribution in [3.8, 4) is 0 Å². The molecule has 0 aromatic carbocycles. The van der Waals surface area contributed by atoms with Crippen molar-refractivity contribution in [3.05, 3.63) is 30.1 Å². The number of hydrogen-bond donors (Lipinski definition) is 1. The maximum Gasteiger partial charge on any atom is 0.0881 e. The summed E-state index contributed by atoms with van der Waals surface area (Å²) in [4.78, 5) is 4.32. The first-order valence-electron chi connectivity index (χ1n) is 4.35. The lowest BCUT2D eigenvalue weighted by atomic mass is 10.1. The lowest BCUT2D eigenvalue weighted by Gasteiger charge is -2.05. The summed E-state index contributed by atoms with van der Waals surface area (Å²) in [5.41, 5.74) is 9.01. The largest absolute Gasteiger partial charge is 0.349 e. The number of aromatic nitrogens is 2. The third kappa shape index (κ3) is 1.31. The average Bonchev–Trinajstić information content (AvgIpc) is 2.47. The number of nitrogens with zero attached hydrogens (tertiary/aromatic N) is 2. The van der Waals surface area contributed by atoms with Crippen molar-refractivity contribution in [1.29, 1.82) is 0 Å². The summed E-state index contributed by atoms with van der Waals surface area (Å²) in [6.45, 7) is 1.96. The van der Waals surface area contributed by atoms with Crippen LogP contribution < -0.4 is 5.73 Å². The minimum Gasteiger partial charge on any atom is -0.349 e. The fourth-order valence-electron chi connectivity index (χ4n) is 1.40. The molecule has 2 N–H and O–H groups in total. The Bertz CT molecular complexity index is 429. The van der Waals surface area contributed by atoms with E-state index in [1.165, 1.54) is 0 Å². The topological polar surface area (TPSA) is 43.8 Å². The fourth-order valence-corrected chi connectivity index (χ4v) is 1.40. The highest BCUT2D eigenvalue weighted by Crippen LogP contribution is 2.16. The molecule has 0 spiro atoms. The maximum atomic E-state index is 5.77. The van der Waals surface area contributed by atoms with Crippen molar-refractivity contribution in [2.45, 2.75) is 13.0 Å². The number of fused-ring (bicyclic) bond motifs is 1. The molecule has 0 fully saturated rings. The molecule has 1 unspecified atom stereocenters. The van der Waals surface area contributed by atoms with Gasteiger partial charge in [0.1, 0.15) is 0 Å². The van der Waals surface area contributed by atoms with Gasteiger partial charge in [-0.2, -0.15) is 0 Å². The van der Waals surface area contributed by atoms with Crippen molar-refractivity contribution in [2.24, 2.45) is 12.8 Å². The number of aryl methyl sites for hydroxylation is 1. The predicted octanol–water partition coefficient (Wildman–Crippen LogP) is 1.59. The zero-order chi connectivity index (χ0) is 9.42. The van der Waals surface area contributed by atoms with Crippen LogP contribution in [0.3, 0.4) is 0 Å². The number of hydrogen-bond acceptors (Lipinski definition) is 2. The standard InChI is InChI=1S/C10H13N3/c1-7(11)8-5-10-9(12-6-8)3-4-13(10)2/h3-7H,11H2,1-2H3. The van der Waals surface area contributed by atoms with Gasteiger partial charge < -0.3 is 10.3 Å². The predicted molar refractivity (Wildman–Crippen MR) is 53.3 cm³/mol. The monoisotopic (exact) mass is 175 g/mol. The normalized spacial score (nSPS) is 13.5. The Morgan fingerprint density at radius 3 is 3.00 bits per heavy atom. The summed E-state index contributed by atoms with van der Waals surface area (Å²) in [7, 11) is 2.01. The van der Waals surface area contributed by atoms with E-state index in [4.69, 9.17) is 5.73 Å². The molecule has 0 aliphatic heterocycles. The van der Waals surface area contributed by atoms with Crippen molar-refractivity contribution in [1.82, 2.24) is 9.55 Å². The first kappa shape index (κ1) is 8.26. The van der Waals surface area contributed by atoms with Crippen LogP contribution in [0.1, 0.15) is 18.5 Å². The van der Waals surface area contributed by atoms with Gasteiger partial charge in [-0.05, 0) is 24.6 Å². The first-order chi connectivity index (χ1) is 6.18. The summed E-state index contributed by atoms with van der Waals surface area (Å²) in [6, 6.07) is 4.14. The second kappa shape index (κ2) is 2.85. The van der Waals surface area contributed by atoms with Gasteiger partial charge in [-0.3, -0.25) is 4.98 Å². The van der Waals surface area contributed by atoms with Crippen LogP contribution in [-0.4, -0.2) is 9.55 Å². The fraction of sp³-hybridized carbons (Fsp3) is 0.300. The van der Waals surface area contributed by atoms with Crippen LogP contribution in [0.25, 0.3) is 11.0 Å². The second-order valence-corrected chi connectivity index (χ2v) is 3.39. The molecular weight excluding hydrogens is 162 g/mol. The molecule has 2 rings (SSSR count). The highest BCUT2D eigenvalue weighted by molar-refractivity contribution is 5.76. The molecule has 0 saturated heterocycles. The van der Waals surface area contributed by atoms with Crippen LogP contribution in [-0.2, 0) is 7.05 Å². The number of pyridine rings is 1. The molecule has 1 atom stereocenters. The Morgan fingerprint density at radius 2 is 2.31 bits per heavy atom. The molecule has 3 nitrogen and oxygen atoms in total. The molecular formula is C10H13N3. The van der Waals surface area contributed by atoms with Gasteiger partial charge in [0.05, 0.1) is 11.0 Å². The highest BCUT2D eigenvalue weighted by atomic mass is 14.9. The van der Waals surface area contributed by atoms with Gasteiger partial charge in [0.2, 0.25) is 0 Å². The smallest absolute Gasteiger partial charge is 0.0881 e. The van der Waals surface area contributed by atoms with E-state index in [1.54, 1.807) is 0 Å². The zero-order valence-electron chi connectivity index (χ0n) is 7.86. The minimum atomic E-state index is 0.0480. The van der Waals surface area contributed by atoms with E-state index in [0.29, 0.717) is 0 Å². The Kier molecular flexibility index (Phi) is 1.81. The first-order valence-corrected chi connectivity index (χ1v) is 4.35. The second-order valence-electron chi connectivity index (χ2n) is 3.39. The molecule has 0 bridgehead atoms. The third-order valence-corrected chi connectivity index (χ3v) is 2.28. The van der Waals surface area contributed by atoms with Crippen LogP contribution in [0.5, 0.6) is 0 Å². The quantitative estimate of drug-likeness (QED) is 0.715. The molecule has 0 aliphatic carbocycles. The van der Waals surface area contributed by atoms with Crippen LogP contribution >= 0.6 is 0 Å². The van der Waals surface area contributed by atoms with E-state index in [9.17, 15) is 0 Å². The lowest BCUT2D eigenvalue weighted by Crippen LogP contribution is -2.05. The van der Waals surface area contributed by atoms with Gasteiger partial charge in [0.25, 0.3) is 0 Å². The maximum absolute atomic E-state index is 5.77. The Morgan fingerprint density at radius 1 is 1.54 bits per heavy atom. The average molecular weight is 175 g/mol. The van der Waals surface area contributed by atoms with E-state index >= 15 is 0 Å². The van der Waals surface area contributed by atoms with E-state index in [2.05, 4.69) is 11.1 Å². The Balaban J connectivity index is 2.66.